The Morgan fingerprint density at radius 2 is 2.24 bits per heavy atom. The molecule has 0 amide bonds. The van der Waals surface area contributed by atoms with Gasteiger partial charge in [-0.2, -0.15) is 0 Å². The summed E-state index contributed by atoms with van der Waals surface area (Å²) in [6.07, 6.45) is -0.0754. The summed E-state index contributed by atoms with van der Waals surface area (Å²) in [6, 6.07) is 5.50. The van der Waals surface area contributed by atoms with Crippen molar-refractivity contribution in [2.75, 3.05) is 26.8 Å². The van der Waals surface area contributed by atoms with Crippen molar-refractivity contribution in [3.8, 4) is 5.75 Å². The third-order valence-corrected chi connectivity index (χ3v) is 3.69. The standard InChI is InChI=1S/C16H23NO4/c1-11-7-17(9-15(10-18)21-11)8-14-6-13(12(2)19)4-5-16(14)20-3/h4-6,11,15,18H,7-10H2,1-3H3. The number of Topliss-reactive ketones (excluding diaryl/α,β-unsaturated/α-hetero) is 1. The molecule has 2 atom stereocenters. The lowest BCUT2D eigenvalue weighted by molar-refractivity contribution is -0.0973. The number of aliphatic hydroxyl groups is 1. The summed E-state index contributed by atoms with van der Waals surface area (Å²) >= 11 is 0. The number of nitrogens with zero attached hydrogens (tertiary/aromatic N) is 1. The molecule has 0 spiro atoms. The van der Waals surface area contributed by atoms with E-state index in [1.54, 1.807) is 20.1 Å². The van der Waals surface area contributed by atoms with Gasteiger partial charge in [-0.25, -0.2) is 0 Å². The molecule has 5 heteroatoms. The molecule has 0 aliphatic carbocycles. The summed E-state index contributed by atoms with van der Waals surface area (Å²) < 4.78 is 11.0. The summed E-state index contributed by atoms with van der Waals surface area (Å²) in [5.41, 5.74) is 1.67. The normalized spacial score (nSPS) is 23.0. The summed E-state index contributed by atoms with van der Waals surface area (Å²) in [5.74, 6) is 0.821. The van der Waals surface area contributed by atoms with Gasteiger partial charge in [0, 0.05) is 30.8 Å². The molecule has 1 heterocycles. The maximum Gasteiger partial charge on any atom is 0.159 e. The highest BCUT2D eigenvalue weighted by Crippen LogP contribution is 2.23. The molecule has 2 unspecified atom stereocenters. The topological polar surface area (TPSA) is 59.0 Å². The highest BCUT2D eigenvalue weighted by atomic mass is 16.5. The van der Waals surface area contributed by atoms with Crippen molar-refractivity contribution in [3.05, 3.63) is 29.3 Å². The van der Waals surface area contributed by atoms with E-state index >= 15 is 0 Å². The molecule has 1 saturated heterocycles. The fraction of sp³-hybridized carbons (Fsp3) is 0.562. The number of hydrogen-bond donors (Lipinski definition) is 1. The zero-order chi connectivity index (χ0) is 15.4. The number of carbonyl (C=O) groups is 1. The van der Waals surface area contributed by atoms with Crippen LogP contribution in [0.5, 0.6) is 5.75 Å². The lowest BCUT2D eigenvalue weighted by Gasteiger charge is -2.36. The molecule has 1 aromatic rings. The van der Waals surface area contributed by atoms with Crippen molar-refractivity contribution in [1.29, 1.82) is 0 Å². The van der Waals surface area contributed by atoms with E-state index in [9.17, 15) is 9.90 Å². The van der Waals surface area contributed by atoms with Gasteiger partial charge in [-0.15, -0.1) is 0 Å². The van der Waals surface area contributed by atoms with Crippen molar-refractivity contribution >= 4 is 5.78 Å². The van der Waals surface area contributed by atoms with E-state index in [4.69, 9.17) is 9.47 Å². The number of carbonyl (C=O) groups excluding carboxylic acids is 1. The third kappa shape index (κ3) is 4.03. The van der Waals surface area contributed by atoms with Crippen LogP contribution in [0.1, 0.15) is 29.8 Å². The lowest BCUT2D eigenvalue weighted by atomic mass is 10.1. The number of ketones is 1. The van der Waals surface area contributed by atoms with Gasteiger partial charge in [-0.1, -0.05) is 0 Å². The van der Waals surface area contributed by atoms with Crippen LogP contribution in [-0.4, -0.2) is 54.8 Å². The summed E-state index contributed by atoms with van der Waals surface area (Å²) in [7, 11) is 1.63. The minimum atomic E-state index is -0.157. The van der Waals surface area contributed by atoms with Crippen LogP contribution in [0.25, 0.3) is 0 Å². The van der Waals surface area contributed by atoms with Crippen LogP contribution in [-0.2, 0) is 11.3 Å². The average molecular weight is 293 g/mol. The van der Waals surface area contributed by atoms with Crippen molar-refractivity contribution in [2.24, 2.45) is 0 Å². The molecule has 1 aliphatic rings. The number of ether oxygens (including phenoxy) is 2. The zero-order valence-corrected chi connectivity index (χ0v) is 12.8. The predicted molar refractivity (Wildman–Crippen MR) is 79.7 cm³/mol. The van der Waals surface area contributed by atoms with Crippen molar-refractivity contribution < 1.29 is 19.4 Å². The molecule has 1 N–H and O–H groups in total. The highest BCUT2D eigenvalue weighted by Gasteiger charge is 2.25. The van der Waals surface area contributed by atoms with Gasteiger partial charge in [0.1, 0.15) is 5.75 Å². The van der Waals surface area contributed by atoms with Crippen LogP contribution >= 0.6 is 0 Å². The van der Waals surface area contributed by atoms with Crippen LogP contribution < -0.4 is 4.74 Å². The van der Waals surface area contributed by atoms with Gasteiger partial charge < -0.3 is 14.6 Å². The summed E-state index contributed by atoms with van der Waals surface area (Å²) in [5, 5.41) is 9.29. The summed E-state index contributed by atoms with van der Waals surface area (Å²) in [4.78, 5) is 13.8. The number of aliphatic hydroxyl groups excluding tert-OH is 1. The molecular weight excluding hydrogens is 270 g/mol. The molecule has 1 fully saturated rings. The third-order valence-electron chi connectivity index (χ3n) is 3.69. The first-order valence-corrected chi connectivity index (χ1v) is 7.20. The Morgan fingerprint density at radius 1 is 1.48 bits per heavy atom. The quantitative estimate of drug-likeness (QED) is 0.833. The van der Waals surface area contributed by atoms with E-state index in [1.165, 1.54) is 0 Å². The Labute approximate surface area is 125 Å². The highest BCUT2D eigenvalue weighted by molar-refractivity contribution is 5.94. The Hall–Kier alpha value is -1.43. The molecule has 5 nitrogen and oxygen atoms in total. The maximum atomic E-state index is 11.5. The van der Waals surface area contributed by atoms with Crippen LogP contribution in [0.3, 0.4) is 0 Å². The van der Waals surface area contributed by atoms with Gasteiger partial charge in [0.15, 0.2) is 5.78 Å². The molecule has 116 valence electrons. The maximum absolute atomic E-state index is 11.5. The first kappa shape index (κ1) is 15.9. The second kappa shape index (κ2) is 7.02. The molecule has 0 bridgehead atoms. The Bertz CT molecular complexity index is 503. The largest absolute Gasteiger partial charge is 0.496 e. The van der Waals surface area contributed by atoms with Crippen molar-refractivity contribution in [1.82, 2.24) is 4.90 Å². The zero-order valence-electron chi connectivity index (χ0n) is 12.8. The Kier molecular flexibility index (Phi) is 5.33. The second-order valence-corrected chi connectivity index (χ2v) is 5.53. The average Bonchev–Trinajstić information content (AvgIpc) is 2.46. The molecule has 1 aliphatic heterocycles. The van der Waals surface area contributed by atoms with Gasteiger partial charge in [0.25, 0.3) is 0 Å². The minimum Gasteiger partial charge on any atom is -0.496 e. The van der Waals surface area contributed by atoms with Crippen LogP contribution in [0.2, 0.25) is 0 Å². The van der Waals surface area contributed by atoms with Crippen LogP contribution in [0.4, 0.5) is 0 Å². The number of rotatable bonds is 5. The molecule has 0 saturated carbocycles. The minimum absolute atomic E-state index is 0.0193. The number of benzene rings is 1. The van der Waals surface area contributed by atoms with Gasteiger partial charge >= 0.3 is 0 Å². The van der Waals surface area contributed by atoms with Gasteiger partial charge in [0.05, 0.1) is 25.9 Å². The van der Waals surface area contributed by atoms with Gasteiger partial charge in [-0.3, -0.25) is 9.69 Å². The fourth-order valence-electron chi connectivity index (χ4n) is 2.73. The van der Waals surface area contributed by atoms with E-state index < -0.39 is 0 Å². The van der Waals surface area contributed by atoms with Gasteiger partial charge in [-0.05, 0) is 32.0 Å². The molecule has 0 aromatic heterocycles. The Balaban J connectivity index is 2.17. The molecular formula is C16H23NO4. The van der Waals surface area contributed by atoms with Crippen molar-refractivity contribution in [2.45, 2.75) is 32.6 Å². The fourth-order valence-corrected chi connectivity index (χ4v) is 2.73. The van der Waals surface area contributed by atoms with Crippen LogP contribution in [0.15, 0.2) is 18.2 Å². The van der Waals surface area contributed by atoms with E-state index in [0.717, 1.165) is 17.9 Å². The monoisotopic (exact) mass is 293 g/mol. The Morgan fingerprint density at radius 3 is 2.86 bits per heavy atom. The molecule has 2 rings (SSSR count). The number of hydrogen-bond acceptors (Lipinski definition) is 5. The molecule has 1 aromatic carbocycles. The van der Waals surface area contributed by atoms with Gasteiger partial charge in [0.2, 0.25) is 0 Å². The van der Waals surface area contributed by atoms with E-state index in [-0.39, 0.29) is 24.6 Å². The molecule has 0 radical (unpaired) electrons. The second-order valence-electron chi connectivity index (χ2n) is 5.53. The van der Waals surface area contributed by atoms with E-state index in [2.05, 4.69) is 4.90 Å². The smallest absolute Gasteiger partial charge is 0.159 e. The predicted octanol–water partition coefficient (Wildman–Crippen LogP) is 1.48. The van der Waals surface area contributed by atoms with E-state index in [1.807, 2.05) is 19.1 Å². The number of methoxy groups -OCH3 is 1. The van der Waals surface area contributed by atoms with Crippen LogP contribution in [0, 0.1) is 0 Å². The first-order valence-electron chi connectivity index (χ1n) is 7.20. The summed E-state index contributed by atoms with van der Waals surface area (Å²) in [6.45, 7) is 5.72. The van der Waals surface area contributed by atoms with E-state index in [0.29, 0.717) is 18.7 Å². The number of morpholine rings is 1. The van der Waals surface area contributed by atoms with Crippen molar-refractivity contribution in [3.63, 3.8) is 0 Å². The SMILES string of the molecule is COc1ccc(C(C)=O)cc1CN1CC(C)OC(CO)C1. The first-order chi connectivity index (χ1) is 10.0. The lowest BCUT2D eigenvalue weighted by Crippen LogP contribution is -2.47. The molecule has 21 heavy (non-hydrogen) atoms.